The molecule has 0 unspecified atom stereocenters. The predicted octanol–water partition coefficient (Wildman–Crippen LogP) is -0.173. The Morgan fingerprint density at radius 3 is 2.46 bits per heavy atom. The number of aromatic carboxylic acids is 1. The molecule has 0 aromatic heterocycles. The van der Waals surface area contributed by atoms with Gasteiger partial charge in [0.05, 0.1) is 5.56 Å². The molecule has 0 radical (unpaired) electrons. The number of rotatable bonds is 2. The van der Waals surface area contributed by atoms with E-state index in [2.05, 4.69) is 15.9 Å². The van der Waals surface area contributed by atoms with Gasteiger partial charge in [-0.15, -0.1) is 0 Å². The number of halogens is 1. The van der Waals surface area contributed by atoms with E-state index in [1.54, 1.807) is 0 Å². The van der Waals surface area contributed by atoms with Crippen molar-refractivity contribution in [2.45, 2.75) is 0 Å². The summed E-state index contributed by atoms with van der Waals surface area (Å²) in [6.45, 7) is 0. The van der Waals surface area contributed by atoms with Crippen LogP contribution in [-0.2, 0) is 0 Å². The molecule has 0 spiro atoms. The zero-order chi connectivity index (χ0) is 10.0. The molecule has 3 N–H and O–H groups in total. The fourth-order valence-corrected chi connectivity index (χ4v) is 1.32. The van der Waals surface area contributed by atoms with Gasteiger partial charge in [-0.3, -0.25) is 0 Å². The summed E-state index contributed by atoms with van der Waals surface area (Å²) in [5.74, 6) is -1.18. The molecule has 6 heteroatoms. The summed E-state index contributed by atoms with van der Waals surface area (Å²) in [6, 6.07) is 4.19. The lowest BCUT2D eigenvalue weighted by molar-refractivity contribution is 0.0697. The second-order valence-corrected chi connectivity index (χ2v) is 3.33. The van der Waals surface area contributed by atoms with Crippen LogP contribution in [0.3, 0.4) is 0 Å². The van der Waals surface area contributed by atoms with E-state index in [1.807, 2.05) is 0 Å². The molecule has 1 aromatic rings. The standard InChI is InChI=1S/C7H6BBrO4/c9-4-1-2-5(7(10)11)6(3-4)8(12)13/h1-3,12-13H,(H,10,11). The normalized spacial score (nSPS) is 9.77. The summed E-state index contributed by atoms with van der Waals surface area (Å²) in [4.78, 5) is 10.6. The zero-order valence-electron chi connectivity index (χ0n) is 6.44. The molecule has 0 aliphatic heterocycles. The molecular formula is C7H6BBrO4. The van der Waals surface area contributed by atoms with Crippen molar-refractivity contribution in [2.24, 2.45) is 0 Å². The van der Waals surface area contributed by atoms with Gasteiger partial charge in [0, 0.05) is 4.47 Å². The molecule has 0 saturated carbocycles. The Bertz CT molecular complexity index is 339. The lowest BCUT2D eigenvalue weighted by atomic mass is 9.77. The van der Waals surface area contributed by atoms with Crippen LogP contribution in [0.4, 0.5) is 0 Å². The summed E-state index contributed by atoms with van der Waals surface area (Å²) in [6.07, 6.45) is 0. The van der Waals surface area contributed by atoms with E-state index in [-0.39, 0.29) is 11.0 Å². The van der Waals surface area contributed by atoms with Crippen molar-refractivity contribution in [3.05, 3.63) is 28.2 Å². The largest absolute Gasteiger partial charge is 0.489 e. The number of hydrogen-bond acceptors (Lipinski definition) is 3. The minimum absolute atomic E-state index is 0.0260. The van der Waals surface area contributed by atoms with E-state index in [0.29, 0.717) is 4.47 Å². The van der Waals surface area contributed by atoms with Crippen LogP contribution in [0.2, 0.25) is 0 Å². The molecule has 0 amide bonds. The van der Waals surface area contributed by atoms with Gasteiger partial charge >= 0.3 is 13.1 Å². The van der Waals surface area contributed by atoms with E-state index < -0.39 is 13.1 Å². The minimum Gasteiger partial charge on any atom is -0.478 e. The summed E-state index contributed by atoms with van der Waals surface area (Å²) in [5.41, 5.74) is -0.139. The van der Waals surface area contributed by atoms with Crippen LogP contribution >= 0.6 is 15.9 Å². The van der Waals surface area contributed by atoms with Crippen molar-refractivity contribution in [3.63, 3.8) is 0 Å². The fraction of sp³-hybridized carbons (Fsp3) is 0. The Balaban J connectivity index is 3.26. The van der Waals surface area contributed by atoms with Crippen molar-refractivity contribution in [1.29, 1.82) is 0 Å². The first-order chi connectivity index (χ1) is 6.02. The van der Waals surface area contributed by atoms with Gasteiger partial charge in [-0.05, 0) is 23.7 Å². The van der Waals surface area contributed by atoms with Crippen LogP contribution in [0, 0.1) is 0 Å². The van der Waals surface area contributed by atoms with Crippen LogP contribution < -0.4 is 5.46 Å². The van der Waals surface area contributed by atoms with Gasteiger partial charge in [0.25, 0.3) is 0 Å². The predicted molar refractivity (Wildman–Crippen MR) is 50.9 cm³/mol. The number of carboxylic acid groups (broad SMARTS) is 1. The Labute approximate surface area is 83.1 Å². The third-order valence-electron chi connectivity index (χ3n) is 1.52. The number of benzene rings is 1. The van der Waals surface area contributed by atoms with Gasteiger partial charge in [0.15, 0.2) is 0 Å². The molecule has 1 aromatic carbocycles. The lowest BCUT2D eigenvalue weighted by Crippen LogP contribution is -2.34. The fourth-order valence-electron chi connectivity index (χ4n) is 0.942. The maximum Gasteiger partial charge on any atom is 0.489 e. The number of hydrogen-bond donors (Lipinski definition) is 3. The molecule has 0 heterocycles. The van der Waals surface area contributed by atoms with Crippen molar-refractivity contribution in [1.82, 2.24) is 0 Å². The van der Waals surface area contributed by atoms with E-state index in [0.717, 1.165) is 0 Å². The highest BCUT2D eigenvalue weighted by molar-refractivity contribution is 9.10. The topological polar surface area (TPSA) is 77.8 Å². The highest BCUT2D eigenvalue weighted by atomic mass is 79.9. The van der Waals surface area contributed by atoms with Crippen molar-refractivity contribution < 1.29 is 19.9 Å². The molecule has 0 aliphatic carbocycles. The first-order valence-electron chi connectivity index (χ1n) is 3.41. The minimum atomic E-state index is -1.77. The first kappa shape index (κ1) is 10.2. The highest BCUT2D eigenvalue weighted by Gasteiger charge is 2.19. The summed E-state index contributed by atoms with van der Waals surface area (Å²) in [7, 11) is -1.77. The van der Waals surface area contributed by atoms with Crippen molar-refractivity contribution in [3.8, 4) is 0 Å². The molecule has 1 rings (SSSR count). The molecule has 0 aliphatic rings. The van der Waals surface area contributed by atoms with E-state index >= 15 is 0 Å². The SMILES string of the molecule is O=C(O)c1ccc(Br)cc1B(O)O. The second-order valence-electron chi connectivity index (χ2n) is 2.41. The summed E-state index contributed by atoms with van der Waals surface area (Å²) in [5, 5.41) is 26.4. The van der Waals surface area contributed by atoms with E-state index in [1.165, 1.54) is 18.2 Å². The Kier molecular flexibility index (Phi) is 3.08. The number of carboxylic acids is 1. The molecular weight excluding hydrogens is 239 g/mol. The second kappa shape index (κ2) is 3.91. The van der Waals surface area contributed by atoms with Crippen molar-refractivity contribution >= 4 is 34.5 Å². The smallest absolute Gasteiger partial charge is 0.478 e. The maximum absolute atomic E-state index is 10.6. The third-order valence-corrected chi connectivity index (χ3v) is 2.02. The van der Waals surface area contributed by atoms with Gasteiger partial charge in [-0.25, -0.2) is 4.79 Å². The molecule has 13 heavy (non-hydrogen) atoms. The Morgan fingerprint density at radius 2 is 2.00 bits per heavy atom. The van der Waals surface area contributed by atoms with Crippen LogP contribution in [0.15, 0.2) is 22.7 Å². The van der Waals surface area contributed by atoms with Gasteiger partial charge in [-0.2, -0.15) is 0 Å². The molecule has 4 nitrogen and oxygen atoms in total. The van der Waals surface area contributed by atoms with Gasteiger partial charge in [0.1, 0.15) is 0 Å². The Hall–Kier alpha value is -0.845. The third kappa shape index (κ3) is 2.30. The Morgan fingerprint density at radius 1 is 1.38 bits per heavy atom. The number of carbonyl (C=O) groups is 1. The van der Waals surface area contributed by atoms with Crippen LogP contribution in [-0.4, -0.2) is 28.2 Å². The quantitative estimate of drug-likeness (QED) is 0.632. The molecule has 0 fully saturated rings. The van der Waals surface area contributed by atoms with Crippen LogP contribution in [0.1, 0.15) is 10.4 Å². The van der Waals surface area contributed by atoms with Gasteiger partial charge in [0.2, 0.25) is 0 Å². The van der Waals surface area contributed by atoms with E-state index in [9.17, 15) is 4.79 Å². The first-order valence-corrected chi connectivity index (χ1v) is 4.20. The summed E-state index contributed by atoms with van der Waals surface area (Å²) < 4.78 is 0.598. The van der Waals surface area contributed by atoms with Crippen molar-refractivity contribution in [2.75, 3.05) is 0 Å². The molecule has 0 saturated heterocycles. The molecule has 0 bridgehead atoms. The average molecular weight is 245 g/mol. The average Bonchev–Trinajstić information content (AvgIpc) is 2.03. The molecule has 0 atom stereocenters. The van der Waals surface area contributed by atoms with E-state index in [4.69, 9.17) is 15.2 Å². The molecule has 68 valence electrons. The van der Waals surface area contributed by atoms with Crippen LogP contribution in [0.25, 0.3) is 0 Å². The van der Waals surface area contributed by atoms with Gasteiger partial charge in [-0.1, -0.05) is 15.9 Å². The monoisotopic (exact) mass is 244 g/mol. The maximum atomic E-state index is 10.6. The van der Waals surface area contributed by atoms with Gasteiger partial charge < -0.3 is 15.2 Å². The highest BCUT2D eigenvalue weighted by Crippen LogP contribution is 2.09. The lowest BCUT2D eigenvalue weighted by Gasteiger charge is -2.04. The van der Waals surface area contributed by atoms with Crippen LogP contribution in [0.5, 0.6) is 0 Å². The summed E-state index contributed by atoms with van der Waals surface area (Å²) >= 11 is 3.10. The zero-order valence-corrected chi connectivity index (χ0v) is 8.02.